The van der Waals surface area contributed by atoms with Gasteiger partial charge in [-0.05, 0) is 31.5 Å². The molecule has 6 heteroatoms. The number of imidazole rings is 1. The molecule has 0 atom stereocenters. The molecule has 144 valence electrons. The van der Waals surface area contributed by atoms with Gasteiger partial charge >= 0.3 is 0 Å². The molecule has 1 heterocycles. The SMILES string of the molecule is CCCCOc1ccc(-c2nc3cc(OC)c(OC)cc3[nH]2)cc1OCC. The monoisotopic (exact) mass is 370 g/mol. The number of H-pyrrole nitrogens is 1. The van der Waals surface area contributed by atoms with Crippen molar-refractivity contribution in [2.45, 2.75) is 26.7 Å². The molecule has 1 N–H and O–H groups in total. The lowest BCUT2D eigenvalue weighted by molar-refractivity contribution is 0.273. The van der Waals surface area contributed by atoms with Crippen molar-refractivity contribution < 1.29 is 18.9 Å². The Labute approximate surface area is 159 Å². The Morgan fingerprint density at radius 3 is 2.37 bits per heavy atom. The van der Waals surface area contributed by atoms with Crippen LogP contribution in [-0.2, 0) is 0 Å². The molecule has 0 spiro atoms. The fourth-order valence-electron chi connectivity index (χ4n) is 2.84. The zero-order valence-corrected chi connectivity index (χ0v) is 16.3. The number of ether oxygens (including phenoxy) is 4. The van der Waals surface area contributed by atoms with Crippen LogP contribution >= 0.6 is 0 Å². The average Bonchev–Trinajstić information content (AvgIpc) is 3.11. The topological polar surface area (TPSA) is 65.6 Å². The van der Waals surface area contributed by atoms with Gasteiger partial charge in [-0.2, -0.15) is 0 Å². The summed E-state index contributed by atoms with van der Waals surface area (Å²) < 4.78 is 22.3. The number of fused-ring (bicyclic) bond motifs is 1. The first kappa shape index (κ1) is 18.9. The number of hydrogen-bond donors (Lipinski definition) is 1. The minimum Gasteiger partial charge on any atom is -0.493 e. The highest BCUT2D eigenvalue weighted by atomic mass is 16.5. The minimum atomic E-state index is 0.572. The molecule has 2 aromatic carbocycles. The summed E-state index contributed by atoms with van der Waals surface area (Å²) >= 11 is 0. The summed E-state index contributed by atoms with van der Waals surface area (Å²) in [6.07, 6.45) is 2.11. The number of nitrogens with one attached hydrogen (secondary N) is 1. The van der Waals surface area contributed by atoms with E-state index in [1.807, 2.05) is 37.3 Å². The number of unbranched alkanes of at least 4 members (excludes halogenated alkanes) is 1. The largest absolute Gasteiger partial charge is 0.493 e. The summed E-state index contributed by atoms with van der Waals surface area (Å²) in [4.78, 5) is 8.02. The number of hydrogen-bond acceptors (Lipinski definition) is 5. The molecule has 27 heavy (non-hydrogen) atoms. The van der Waals surface area contributed by atoms with E-state index in [4.69, 9.17) is 18.9 Å². The van der Waals surface area contributed by atoms with E-state index in [1.165, 1.54) is 0 Å². The Hall–Kier alpha value is -2.89. The minimum absolute atomic E-state index is 0.572. The molecule has 0 fully saturated rings. The first-order valence-corrected chi connectivity index (χ1v) is 9.21. The quantitative estimate of drug-likeness (QED) is 0.547. The third kappa shape index (κ3) is 4.10. The molecule has 0 amide bonds. The first-order valence-electron chi connectivity index (χ1n) is 9.21. The maximum absolute atomic E-state index is 5.85. The molecule has 0 bridgehead atoms. The van der Waals surface area contributed by atoms with Crippen LogP contribution in [0.4, 0.5) is 0 Å². The molecular weight excluding hydrogens is 344 g/mol. The number of benzene rings is 2. The molecule has 0 aliphatic rings. The molecule has 0 saturated heterocycles. The van der Waals surface area contributed by atoms with E-state index in [2.05, 4.69) is 16.9 Å². The van der Waals surface area contributed by atoms with Crippen molar-refractivity contribution in [1.29, 1.82) is 0 Å². The second kappa shape index (κ2) is 8.66. The summed E-state index contributed by atoms with van der Waals surface area (Å²) in [5.41, 5.74) is 2.61. The van der Waals surface area contributed by atoms with Crippen LogP contribution in [0, 0.1) is 0 Å². The van der Waals surface area contributed by atoms with Crippen LogP contribution in [0.25, 0.3) is 22.4 Å². The number of rotatable bonds is 9. The lowest BCUT2D eigenvalue weighted by Gasteiger charge is -2.12. The smallest absolute Gasteiger partial charge is 0.163 e. The summed E-state index contributed by atoms with van der Waals surface area (Å²) in [6.45, 7) is 5.35. The van der Waals surface area contributed by atoms with Crippen LogP contribution in [-0.4, -0.2) is 37.4 Å². The maximum Gasteiger partial charge on any atom is 0.163 e. The van der Waals surface area contributed by atoms with E-state index >= 15 is 0 Å². The van der Waals surface area contributed by atoms with Crippen molar-refractivity contribution >= 4 is 11.0 Å². The van der Waals surface area contributed by atoms with Crippen molar-refractivity contribution in [3.05, 3.63) is 30.3 Å². The molecule has 1 aromatic heterocycles. The lowest BCUT2D eigenvalue weighted by Crippen LogP contribution is -2.01. The second-order valence-corrected chi connectivity index (χ2v) is 6.11. The van der Waals surface area contributed by atoms with Crippen molar-refractivity contribution in [2.75, 3.05) is 27.4 Å². The summed E-state index contributed by atoms with van der Waals surface area (Å²) in [5.74, 6) is 3.55. The zero-order chi connectivity index (χ0) is 19.2. The van der Waals surface area contributed by atoms with E-state index in [0.717, 1.165) is 46.8 Å². The van der Waals surface area contributed by atoms with Crippen LogP contribution in [0.15, 0.2) is 30.3 Å². The molecule has 0 saturated carbocycles. The van der Waals surface area contributed by atoms with E-state index in [9.17, 15) is 0 Å². The highest BCUT2D eigenvalue weighted by Gasteiger charge is 2.13. The number of nitrogens with zero attached hydrogens (tertiary/aromatic N) is 1. The van der Waals surface area contributed by atoms with Gasteiger partial charge in [0.1, 0.15) is 5.82 Å². The maximum atomic E-state index is 5.85. The normalized spacial score (nSPS) is 10.8. The van der Waals surface area contributed by atoms with Crippen LogP contribution < -0.4 is 18.9 Å². The molecule has 0 unspecified atom stereocenters. The Balaban J connectivity index is 1.96. The number of aromatic nitrogens is 2. The second-order valence-electron chi connectivity index (χ2n) is 6.11. The Kier molecular flexibility index (Phi) is 6.06. The van der Waals surface area contributed by atoms with Crippen molar-refractivity contribution in [1.82, 2.24) is 9.97 Å². The highest BCUT2D eigenvalue weighted by Crippen LogP contribution is 2.35. The van der Waals surface area contributed by atoms with Gasteiger partial charge in [0.05, 0.1) is 38.5 Å². The van der Waals surface area contributed by atoms with Crippen molar-refractivity contribution in [3.8, 4) is 34.4 Å². The third-order valence-electron chi connectivity index (χ3n) is 4.26. The molecule has 6 nitrogen and oxygen atoms in total. The molecule has 0 aliphatic carbocycles. The fourth-order valence-corrected chi connectivity index (χ4v) is 2.84. The van der Waals surface area contributed by atoms with E-state index in [-0.39, 0.29) is 0 Å². The summed E-state index contributed by atoms with van der Waals surface area (Å²) in [5, 5.41) is 0. The van der Waals surface area contributed by atoms with Gasteiger partial charge in [-0.15, -0.1) is 0 Å². The van der Waals surface area contributed by atoms with Gasteiger partial charge in [-0.1, -0.05) is 13.3 Å². The van der Waals surface area contributed by atoms with Gasteiger partial charge < -0.3 is 23.9 Å². The first-order chi connectivity index (χ1) is 13.2. The molecule has 3 aromatic rings. The zero-order valence-electron chi connectivity index (χ0n) is 16.3. The van der Waals surface area contributed by atoms with Crippen LogP contribution in [0.5, 0.6) is 23.0 Å². The molecule has 0 aliphatic heterocycles. The average molecular weight is 370 g/mol. The molecule has 0 radical (unpaired) electrons. The lowest BCUT2D eigenvalue weighted by atomic mass is 10.2. The van der Waals surface area contributed by atoms with Gasteiger partial charge in [-0.3, -0.25) is 0 Å². The Morgan fingerprint density at radius 2 is 1.67 bits per heavy atom. The number of aromatic amines is 1. The van der Waals surface area contributed by atoms with Crippen LogP contribution in [0.1, 0.15) is 26.7 Å². The third-order valence-corrected chi connectivity index (χ3v) is 4.26. The van der Waals surface area contributed by atoms with Crippen LogP contribution in [0.3, 0.4) is 0 Å². The van der Waals surface area contributed by atoms with Gasteiger partial charge in [0.2, 0.25) is 0 Å². The van der Waals surface area contributed by atoms with Gasteiger partial charge in [0.15, 0.2) is 23.0 Å². The predicted octanol–water partition coefficient (Wildman–Crippen LogP) is 4.82. The fraction of sp³-hybridized carbons (Fsp3) is 0.381. The summed E-state index contributed by atoms with van der Waals surface area (Å²) in [7, 11) is 3.23. The van der Waals surface area contributed by atoms with Gasteiger partial charge in [-0.25, -0.2) is 4.98 Å². The van der Waals surface area contributed by atoms with E-state index < -0.39 is 0 Å². The highest BCUT2D eigenvalue weighted by molar-refractivity contribution is 5.83. The van der Waals surface area contributed by atoms with E-state index in [1.54, 1.807) is 14.2 Å². The Bertz CT molecular complexity index is 864. The predicted molar refractivity (Wildman–Crippen MR) is 106 cm³/mol. The molecular formula is C21H26N2O4. The van der Waals surface area contributed by atoms with Gasteiger partial charge in [0.25, 0.3) is 0 Å². The van der Waals surface area contributed by atoms with Crippen molar-refractivity contribution in [3.63, 3.8) is 0 Å². The van der Waals surface area contributed by atoms with E-state index in [0.29, 0.717) is 24.7 Å². The molecule has 3 rings (SSSR count). The Morgan fingerprint density at radius 1 is 0.889 bits per heavy atom. The standard InChI is InChI=1S/C21H26N2O4/c1-5-7-10-27-17-9-8-14(11-20(17)26-6-2)21-22-15-12-18(24-3)19(25-4)13-16(15)23-21/h8-9,11-13H,5-7,10H2,1-4H3,(H,22,23). The summed E-state index contributed by atoms with van der Waals surface area (Å²) in [6, 6.07) is 9.62. The van der Waals surface area contributed by atoms with Gasteiger partial charge in [0, 0.05) is 17.7 Å². The van der Waals surface area contributed by atoms with Crippen molar-refractivity contribution in [2.24, 2.45) is 0 Å². The number of methoxy groups -OCH3 is 2. The van der Waals surface area contributed by atoms with Crippen LogP contribution in [0.2, 0.25) is 0 Å².